The van der Waals surface area contributed by atoms with Crippen LogP contribution in [0, 0.1) is 6.92 Å². The normalized spacial score (nSPS) is 10.5. The van der Waals surface area contributed by atoms with E-state index in [9.17, 15) is 18.0 Å². The molecule has 0 fully saturated rings. The molecule has 0 saturated carbocycles. The quantitative estimate of drug-likeness (QED) is 0.761. The minimum Gasteiger partial charge on any atom is -0.478 e. The van der Waals surface area contributed by atoms with Crippen LogP contribution in [0.25, 0.3) is 0 Å². The van der Waals surface area contributed by atoms with Crippen LogP contribution in [-0.2, 0) is 16.4 Å². The van der Waals surface area contributed by atoms with Crippen LogP contribution in [-0.4, -0.2) is 30.6 Å². The van der Waals surface area contributed by atoms with Gasteiger partial charge in [-0.1, -0.05) is 24.6 Å². The third-order valence-electron chi connectivity index (χ3n) is 3.24. The number of carboxylic acid groups (broad SMARTS) is 2. The predicted octanol–water partition coefficient (Wildman–Crippen LogP) is 2.29. The number of aromatic carboxylic acids is 2. The van der Waals surface area contributed by atoms with Gasteiger partial charge in [0.15, 0.2) is 0 Å². The molecule has 2 aromatic rings. The molecule has 0 radical (unpaired) electrons. The Hall–Kier alpha value is -2.71. The van der Waals surface area contributed by atoms with Crippen LogP contribution in [0.2, 0.25) is 0 Å². The molecule has 0 bridgehead atoms. The molecule has 4 N–H and O–H groups in total. The average molecular weight is 365 g/mol. The van der Waals surface area contributed by atoms with Gasteiger partial charge < -0.3 is 10.2 Å². The Morgan fingerprint density at radius 3 is 1.72 bits per heavy atom. The van der Waals surface area contributed by atoms with Gasteiger partial charge in [0.1, 0.15) is 0 Å². The van der Waals surface area contributed by atoms with Gasteiger partial charge in [-0.15, -0.1) is 0 Å². The highest BCUT2D eigenvalue weighted by atomic mass is 32.2. The molecule has 0 spiro atoms. The number of rotatable bonds is 4. The fraction of sp³-hybridized carbons (Fsp3) is 0.176. The first-order chi connectivity index (χ1) is 11.5. The monoisotopic (exact) mass is 365 g/mol. The summed E-state index contributed by atoms with van der Waals surface area (Å²) in [4.78, 5) is 21.5. The molecule has 2 rings (SSSR count). The zero-order chi connectivity index (χ0) is 19.2. The van der Waals surface area contributed by atoms with Gasteiger partial charge in [0, 0.05) is 0 Å². The van der Waals surface area contributed by atoms with Crippen molar-refractivity contribution in [1.29, 1.82) is 0 Å². The number of nitrogens with two attached hydrogens (primary N) is 1. The topological polar surface area (TPSA) is 135 Å². The van der Waals surface area contributed by atoms with Crippen LogP contribution in [0.15, 0.2) is 47.4 Å². The van der Waals surface area contributed by atoms with Gasteiger partial charge in [-0.05, 0) is 49.2 Å². The molecule has 0 aliphatic rings. The largest absolute Gasteiger partial charge is 0.478 e. The van der Waals surface area contributed by atoms with Crippen molar-refractivity contribution in [3.05, 3.63) is 64.7 Å². The van der Waals surface area contributed by atoms with Crippen LogP contribution in [0.4, 0.5) is 0 Å². The number of sulfonamides is 1. The lowest BCUT2D eigenvalue weighted by atomic mass is 10.0. The highest BCUT2D eigenvalue weighted by Crippen LogP contribution is 2.11. The Kier molecular flexibility index (Phi) is 6.84. The molecule has 0 aromatic heterocycles. The first kappa shape index (κ1) is 20.3. The molecule has 0 saturated heterocycles. The van der Waals surface area contributed by atoms with E-state index in [1.165, 1.54) is 24.3 Å². The van der Waals surface area contributed by atoms with Gasteiger partial charge in [0.2, 0.25) is 10.0 Å². The van der Waals surface area contributed by atoms with Gasteiger partial charge in [-0.2, -0.15) is 0 Å². The maximum Gasteiger partial charge on any atom is 0.335 e. The second kappa shape index (κ2) is 8.41. The number of benzene rings is 2. The molecular formula is C17H19NO6S. The number of aryl methyl sites for hydroxylation is 2. The second-order valence-corrected chi connectivity index (χ2v) is 6.80. The molecule has 2 aromatic carbocycles. The summed E-state index contributed by atoms with van der Waals surface area (Å²) in [6.45, 7) is 3.72. The lowest BCUT2D eigenvalue weighted by Gasteiger charge is -2.02. The smallest absolute Gasteiger partial charge is 0.335 e. The van der Waals surface area contributed by atoms with Crippen molar-refractivity contribution >= 4 is 22.0 Å². The van der Waals surface area contributed by atoms with Crippen molar-refractivity contribution in [1.82, 2.24) is 0 Å². The van der Waals surface area contributed by atoms with Crippen LogP contribution >= 0.6 is 0 Å². The van der Waals surface area contributed by atoms with Gasteiger partial charge >= 0.3 is 11.9 Å². The summed E-state index contributed by atoms with van der Waals surface area (Å²) in [6, 6.07) is 10.5. The summed E-state index contributed by atoms with van der Waals surface area (Å²) in [5.74, 6) is -2.22. The summed E-state index contributed by atoms with van der Waals surface area (Å²) in [5.41, 5.74) is 1.75. The lowest BCUT2D eigenvalue weighted by Crippen LogP contribution is -2.11. The zero-order valence-corrected chi connectivity index (χ0v) is 14.6. The van der Waals surface area contributed by atoms with Crippen molar-refractivity contribution < 1.29 is 28.2 Å². The van der Waals surface area contributed by atoms with Crippen LogP contribution in [0.3, 0.4) is 0 Å². The van der Waals surface area contributed by atoms with E-state index in [-0.39, 0.29) is 16.0 Å². The van der Waals surface area contributed by atoms with Crippen LogP contribution in [0.5, 0.6) is 0 Å². The third-order valence-corrected chi connectivity index (χ3v) is 4.17. The van der Waals surface area contributed by atoms with Crippen molar-refractivity contribution in [2.75, 3.05) is 0 Å². The summed E-state index contributed by atoms with van der Waals surface area (Å²) in [7, 11) is -3.52. The number of primary sulfonamides is 1. The number of hydrogen-bond donors (Lipinski definition) is 3. The molecule has 0 aliphatic carbocycles. The van der Waals surface area contributed by atoms with Gasteiger partial charge in [-0.3, -0.25) is 0 Å². The summed E-state index contributed by atoms with van der Waals surface area (Å²) < 4.78 is 21.4. The third kappa shape index (κ3) is 6.36. The molecule has 0 aliphatic heterocycles. The van der Waals surface area contributed by atoms with Crippen LogP contribution in [0.1, 0.15) is 38.8 Å². The molecule has 0 amide bonds. The molecule has 25 heavy (non-hydrogen) atoms. The summed E-state index contributed by atoms with van der Waals surface area (Å²) >= 11 is 0. The Morgan fingerprint density at radius 2 is 1.40 bits per heavy atom. The van der Waals surface area contributed by atoms with E-state index in [0.717, 1.165) is 11.6 Å². The van der Waals surface area contributed by atoms with Crippen molar-refractivity contribution in [2.24, 2.45) is 5.14 Å². The molecule has 0 atom stereocenters. The van der Waals surface area contributed by atoms with Gasteiger partial charge in [0.05, 0.1) is 16.0 Å². The number of carbonyl (C=O) groups is 2. The molecule has 134 valence electrons. The average Bonchev–Trinajstić information content (AvgIpc) is 2.54. The standard InChI is InChI=1S/C10H10O4.C7H9NO2S/c1-2-6-3-7(9(11)12)5-8(4-6)10(13)14;1-6-2-4-7(5-3-6)11(8,9)10/h3-5H,2H2,1H3,(H,11,12)(H,13,14);2-5H,1H3,(H2,8,9,10). The Balaban J connectivity index is 0.000000257. The maximum absolute atomic E-state index is 10.7. The molecule has 0 heterocycles. The first-order valence-corrected chi connectivity index (χ1v) is 8.79. The highest BCUT2D eigenvalue weighted by molar-refractivity contribution is 7.89. The molecular weight excluding hydrogens is 346 g/mol. The Bertz CT molecular complexity index is 840. The van der Waals surface area contributed by atoms with E-state index >= 15 is 0 Å². The summed E-state index contributed by atoms with van der Waals surface area (Å²) in [5, 5.41) is 22.3. The van der Waals surface area contributed by atoms with Crippen LogP contribution < -0.4 is 5.14 Å². The fourth-order valence-corrected chi connectivity index (χ4v) is 2.39. The number of hydrogen-bond acceptors (Lipinski definition) is 4. The first-order valence-electron chi connectivity index (χ1n) is 7.24. The van der Waals surface area contributed by atoms with Crippen molar-refractivity contribution in [3.8, 4) is 0 Å². The highest BCUT2D eigenvalue weighted by Gasteiger charge is 2.10. The van der Waals surface area contributed by atoms with Gasteiger partial charge in [0.25, 0.3) is 0 Å². The SMILES string of the molecule is CCc1cc(C(=O)O)cc(C(=O)O)c1.Cc1ccc(S(N)(=O)=O)cc1. The van der Waals surface area contributed by atoms with E-state index in [4.69, 9.17) is 15.4 Å². The Morgan fingerprint density at radius 1 is 0.960 bits per heavy atom. The second-order valence-electron chi connectivity index (χ2n) is 5.24. The van der Waals surface area contributed by atoms with Crippen molar-refractivity contribution in [2.45, 2.75) is 25.2 Å². The summed E-state index contributed by atoms with van der Waals surface area (Å²) in [6.07, 6.45) is 0.612. The van der Waals surface area contributed by atoms with E-state index in [2.05, 4.69) is 0 Å². The maximum atomic E-state index is 10.7. The minimum absolute atomic E-state index is 0.0155. The predicted molar refractivity (Wildman–Crippen MR) is 92.3 cm³/mol. The van der Waals surface area contributed by atoms with Crippen molar-refractivity contribution in [3.63, 3.8) is 0 Å². The Labute approximate surface area is 145 Å². The molecule has 0 unspecified atom stereocenters. The van der Waals surface area contributed by atoms with E-state index < -0.39 is 22.0 Å². The van der Waals surface area contributed by atoms with Gasteiger partial charge in [-0.25, -0.2) is 23.1 Å². The molecule has 8 heteroatoms. The number of carboxylic acids is 2. The van der Waals surface area contributed by atoms with E-state index in [1.54, 1.807) is 12.1 Å². The minimum atomic E-state index is -3.52. The van der Waals surface area contributed by atoms with E-state index in [1.807, 2.05) is 13.8 Å². The van der Waals surface area contributed by atoms with E-state index in [0.29, 0.717) is 12.0 Å². The fourth-order valence-electron chi connectivity index (χ4n) is 1.87. The zero-order valence-electron chi connectivity index (χ0n) is 13.8. The lowest BCUT2D eigenvalue weighted by molar-refractivity contribution is 0.0696. The molecule has 7 nitrogen and oxygen atoms in total.